The van der Waals surface area contributed by atoms with Crippen LogP contribution in [-0.2, 0) is 4.74 Å². The molecular formula is C12H24N2O2. The number of ether oxygens (including phenoxy) is 1. The number of nitrogens with zero attached hydrogens (tertiary/aromatic N) is 2. The lowest BCUT2D eigenvalue weighted by Crippen LogP contribution is -2.53. The highest BCUT2D eigenvalue weighted by molar-refractivity contribution is 5.68. The molecule has 0 spiro atoms. The third kappa shape index (κ3) is 3.67. The molecule has 0 bridgehead atoms. The normalized spacial score (nSPS) is 23.3. The fourth-order valence-electron chi connectivity index (χ4n) is 1.88. The van der Waals surface area contributed by atoms with Gasteiger partial charge in [-0.15, -0.1) is 0 Å². The molecule has 1 aliphatic rings. The molecule has 0 aromatic carbocycles. The van der Waals surface area contributed by atoms with Crippen LogP contribution >= 0.6 is 0 Å². The van der Waals surface area contributed by atoms with Crippen molar-refractivity contribution in [2.75, 3.05) is 26.7 Å². The Labute approximate surface area is 98.5 Å². The Morgan fingerprint density at radius 2 is 2.00 bits per heavy atom. The third-order valence-electron chi connectivity index (χ3n) is 2.90. The van der Waals surface area contributed by atoms with Crippen LogP contribution in [0.3, 0.4) is 0 Å². The molecule has 0 aromatic rings. The minimum absolute atomic E-state index is 0.181. The van der Waals surface area contributed by atoms with E-state index in [9.17, 15) is 4.79 Å². The van der Waals surface area contributed by atoms with E-state index in [0.717, 1.165) is 26.1 Å². The molecule has 1 aliphatic heterocycles. The summed E-state index contributed by atoms with van der Waals surface area (Å²) in [4.78, 5) is 16.0. The molecule has 0 aliphatic carbocycles. The van der Waals surface area contributed by atoms with Crippen molar-refractivity contribution in [1.29, 1.82) is 0 Å². The summed E-state index contributed by atoms with van der Waals surface area (Å²) in [6.45, 7) is 10.3. The Morgan fingerprint density at radius 1 is 1.38 bits per heavy atom. The zero-order valence-electron chi connectivity index (χ0n) is 11.1. The minimum Gasteiger partial charge on any atom is -0.444 e. The summed E-state index contributed by atoms with van der Waals surface area (Å²) in [6.07, 6.45) is 0.884. The van der Waals surface area contributed by atoms with E-state index < -0.39 is 5.60 Å². The molecule has 0 unspecified atom stereocenters. The number of hydrogen-bond acceptors (Lipinski definition) is 3. The van der Waals surface area contributed by atoms with Gasteiger partial charge in [-0.05, 0) is 34.2 Å². The lowest BCUT2D eigenvalue weighted by atomic mass is 10.1. The van der Waals surface area contributed by atoms with Crippen LogP contribution in [0.2, 0.25) is 0 Å². The molecule has 16 heavy (non-hydrogen) atoms. The molecular weight excluding hydrogens is 204 g/mol. The van der Waals surface area contributed by atoms with Crippen molar-refractivity contribution in [3.8, 4) is 0 Å². The molecule has 1 rings (SSSR count). The van der Waals surface area contributed by atoms with Gasteiger partial charge in [0.05, 0.1) is 0 Å². The maximum absolute atomic E-state index is 11.9. The van der Waals surface area contributed by atoms with E-state index in [1.165, 1.54) is 0 Å². The first-order valence-electron chi connectivity index (χ1n) is 6.01. The summed E-state index contributed by atoms with van der Waals surface area (Å²) >= 11 is 0. The second-order valence-corrected chi connectivity index (χ2v) is 5.47. The highest BCUT2D eigenvalue weighted by atomic mass is 16.6. The highest BCUT2D eigenvalue weighted by Gasteiger charge is 2.29. The molecule has 0 saturated carbocycles. The number of hydrogen-bond donors (Lipinski definition) is 0. The molecule has 1 fully saturated rings. The van der Waals surface area contributed by atoms with E-state index >= 15 is 0 Å². The molecule has 1 amide bonds. The van der Waals surface area contributed by atoms with Crippen molar-refractivity contribution in [2.24, 2.45) is 0 Å². The summed E-state index contributed by atoms with van der Waals surface area (Å²) in [5.41, 5.74) is -0.401. The van der Waals surface area contributed by atoms with E-state index in [4.69, 9.17) is 4.74 Å². The van der Waals surface area contributed by atoms with Crippen LogP contribution in [0.4, 0.5) is 4.79 Å². The van der Waals surface area contributed by atoms with Crippen molar-refractivity contribution in [3.63, 3.8) is 0 Å². The van der Waals surface area contributed by atoms with Gasteiger partial charge in [0.25, 0.3) is 0 Å². The Morgan fingerprint density at radius 3 is 2.50 bits per heavy atom. The Hall–Kier alpha value is -0.770. The number of piperazine rings is 1. The SMILES string of the molecule is CC[C@H]1CN(C(=O)OC(C)(C)C)CCN1C. The molecule has 4 heteroatoms. The average molecular weight is 228 g/mol. The predicted octanol–water partition coefficient (Wildman–Crippen LogP) is 1.95. The Bertz CT molecular complexity index is 248. The van der Waals surface area contributed by atoms with Crippen LogP contribution in [0, 0.1) is 0 Å². The molecule has 1 heterocycles. The van der Waals surface area contributed by atoms with Crippen LogP contribution in [-0.4, -0.2) is 54.2 Å². The van der Waals surface area contributed by atoms with Gasteiger partial charge in [-0.1, -0.05) is 6.92 Å². The van der Waals surface area contributed by atoms with E-state index in [-0.39, 0.29) is 6.09 Å². The standard InChI is InChI=1S/C12H24N2O2/c1-6-10-9-14(8-7-13(10)5)11(15)16-12(2,3)4/h10H,6-9H2,1-5H3/t10-/m0/s1. The monoisotopic (exact) mass is 228 g/mol. The van der Waals surface area contributed by atoms with Gasteiger partial charge in [-0.2, -0.15) is 0 Å². The maximum Gasteiger partial charge on any atom is 0.410 e. The van der Waals surface area contributed by atoms with Gasteiger partial charge in [-0.3, -0.25) is 4.90 Å². The van der Waals surface area contributed by atoms with Crippen molar-refractivity contribution in [3.05, 3.63) is 0 Å². The first-order chi connectivity index (χ1) is 7.33. The molecule has 1 saturated heterocycles. The maximum atomic E-state index is 11.9. The van der Waals surface area contributed by atoms with Crippen LogP contribution in [0.5, 0.6) is 0 Å². The lowest BCUT2D eigenvalue weighted by Gasteiger charge is -2.39. The summed E-state index contributed by atoms with van der Waals surface area (Å²) in [5.74, 6) is 0. The van der Waals surface area contributed by atoms with Gasteiger partial charge in [-0.25, -0.2) is 4.79 Å². The van der Waals surface area contributed by atoms with Crippen molar-refractivity contribution in [1.82, 2.24) is 9.80 Å². The second kappa shape index (κ2) is 5.04. The number of amides is 1. The quantitative estimate of drug-likeness (QED) is 0.687. The van der Waals surface area contributed by atoms with E-state index in [1.54, 1.807) is 0 Å². The summed E-state index contributed by atoms with van der Waals surface area (Å²) in [7, 11) is 2.11. The van der Waals surface area contributed by atoms with E-state index in [2.05, 4.69) is 18.9 Å². The Kier molecular flexibility index (Phi) is 4.19. The fourth-order valence-corrected chi connectivity index (χ4v) is 1.88. The first-order valence-corrected chi connectivity index (χ1v) is 6.01. The van der Waals surface area contributed by atoms with Crippen LogP contribution in [0.15, 0.2) is 0 Å². The fraction of sp³-hybridized carbons (Fsp3) is 0.917. The van der Waals surface area contributed by atoms with Gasteiger partial charge in [0.2, 0.25) is 0 Å². The molecule has 4 nitrogen and oxygen atoms in total. The summed E-state index contributed by atoms with van der Waals surface area (Å²) in [6, 6.07) is 0.460. The summed E-state index contributed by atoms with van der Waals surface area (Å²) < 4.78 is 5.37. The van der Waals surface area contributed by atoms with Crippen LogP contribution in [0.25, 0.3) is 0 Å². The van der Waals surface area contributed by atoms with Gasteiger partial charge >= 0.3 is 6.09 Å². The minimum atomic E-state index is -0.401. The van der Waals surface area contributed by atoms with E-state index in [1.807, 2.05) is 25.7 Å². The number of carbonyl (C=O) groups is 1. The zero-order chi connectivity index (χ0) is 12.3. The first kappa shape index (κ1) is 13.3. The third-order valence-corrected chi connectivity index (χ3v) is 2.90. The van der Waals surface area contributed by atoms with Gasteiger partial charge in [0, 0.05) is 25.7 Å². The lowest BCUT2D eigenvalue weighted by molar-refractivity contribution is 0.00728. The average Bonchev–Trinajstić information content (AvgIpc) is 2.15. The number of carbonyl (C=O) groups excluding carboxylic acids is 1. The second-order valence-electron chi connectivity index (χ2n) is 5.47. The smallest absolute Gasteiger partial charge is 0.410 e. The predicted molar refractivity (Wildman–Crippen MR) is 64.5 cm³/mol. The van der Waals surface area contributed by atoms with Crippen molar-refractivity contribution < 1.29 is 9.53 Å². The Balaban J connectivity index is 2.52. The highest BCUT2D eigenvalue weighted by Crippen LogP contribution is 2.15. The van der Waals surface area contributed by atoms with Crippen molar-refractivity contribution >= 4 is 6.09 Å². The number of rotatable bonds is 1. The largest absolute Gasteiger partial charge is 0.444 e. The van der Waals surface area contributed by atoms with Crippen LogP contribution in [0.1, 0.15) is 34.1 Å². The summed E-state index contributed by atoms with van der Waals surface area (Å²) in [5, 5.41) is 0. The van der Waals surface area contributed by atoms with Gasteiger partial charge in [0.15, 0.2) is 0 Å². The van der Waals surface area contributed by atoms with E-state index in [0.29, 0.717) is 6.04 Å². The number of likely N-dealkylation sites (N-methyl/N-ethyl adjacent to an activating group) is 1. The zero-order valence-corrected chi connectivity index (χ0v) is 11.1. The van der Waals surface area contributed by atoms with Gasteiger partial charge in [0.1, 0.15) is 5.60 Å². The van der Waals surface area contributed by atoms with Crippen LogP contribution < -0.4 is 0 Å². The molecule has 0 aromatic heterocycles. The molecule has 1 atom stereocenters. The topological polar surface area (TPSA) is 32.8 Å². The molecule has 94 valence electrons. The molecule has 0 N–H and O–H groups in total. The molecule has 0 radical (unpaired) electrons. The van der Waals surface area contributed by atoms with Gasteiger partial charge < -0.3 is 9.64 Å². The van der Waals surface area contributed by atoms with Crippen molar-refractivity contribution in [2.45, 2.75) is 45.8 Å².